The molecule has 0 bridgehead atoms. The van der Waals surface area contributed by atoms with Crippen LogP contribution in [0.4, 0.5) is 0 Å². The molecule has 6 heteroatoms. The molecule has 1 heterocycles. The molecule has 0 spiro atoms. The van der Waals surface area contributed by atoms with Crippen LogP contribution in [0.5, 0.6) is 0 Å². The Balaban J connectivity index is 2.60. The van der Waals surface area contributed by atoms with Crippen LogP contribution in [-0.2, 0) is 4.79 Å². The van der Waals surface area contributed by atoms with Crippen molar-refractivity contribution in [2.24, 2.45) is 0 Å². The number of aliphatic carboxylic acids is 1. The van der Waals surface area contributed by atoms with Gasteiger partial charge < -0.3 is 14.9 Å². The van der Waals surface area contributed by atoms with Gasteiger partial charge in [-0.15, -0.1) is 0 Å². The second kappa shape index (κ2) is 5.47. The van der Waals surface area contributed by atoms with Gasteiger partial charge in [-0.1, -0.05) is 19.0 Å². The van der Waals surface area contributed by atoms with Crippen LogP contribution in [0.25, 0.3) is 0 Å². The number of nitrogens with one attached hydrogen (secondary N) is 1. The summed E-state index contributed by atoms with van der Waals surface area (Å²) in [5.41, 5.74) is 0.695. The van der Waals surface area contributed by atoms with Crippen LogP contribution in [0.1, 0.15) is 49.4 Å². The van der Waals surface area contributed by atoms with Gasteiger partial charge in [-0.05, 0) is 12.8 Å². The zero-order valence-corrected chi connectivity index (χ0v) is 10.1. The molecule has 1 rings (SSSR count). The van der Waals surface area contributed by atoms with Crippen LogP contribution < -0.4 is 5.32 Å². The molecule has 17 heavy (non-hydrogen) atoms. The predicted octanol–water partition coefficient (Wildman–Crippen LogP) is 1.39. The summed E-state index contributed by atoms with van der Waals surface area (Å²) >= 11 is 0. The molecule has 1 unspecified atom stereocenters. The van der Waals surface area contributed by atoms with Crippen molar-refractivity contribution < 1.29 is 19.2 Å². The Morgan fingerprint density at radius 2 is 2.12 bits per heavy atom. The number of nitrogens with zero attached hydrogens (tertiary/aromatic N) is 1. The molecule has 0 aromatic carbocycles. The van der Waals surface area contributed by atoms with Crippen molar-refractivity contribution in [1.29, 1.82) is 0 Å². The second-order valence-corrected chi connectivity index (χ2v) is 4.24. The van der Waals surface area contributed by atoms with Gasteiger partial charge in [0.2, 0.25) is 5.76 Å². The maximum atomic E-state index is 11.6. The van der Waals surface area contributed by atoms with E-state index in [1.165, 1.54) is 0 Å². The summed E-state index contributed by atoms with van der Waals surface area (Å²) in [6.07, 6.45) is -0.128. The van der Waals surface area contributed by atoms with Gasteiger partial charge in [0.25, 0.3) is 5.91 Å². The predicted molar refractivity (Wildman–Crippen MR) is 59.8 cm³/mol. The van der Waals surface area contributed by atoms with Crippen molar-refractivity contribution in [3.05, 3.63) is 17.5 Å². The van der Waals surface area contributed by atoms with E-state index in [1.54, 1.807) is 13.0 Å². The lowest BCUT2D eigenvalue weighted by atomic mass is 10.1. The van der Waals surface area contributed by atoms with Gasteiger partial charge in [0.1, 0.15) is 0 Å². The third kappa shape index (κ3) is 3.90. The minimum atomic E-state index is -0.960. The Morgan fingerprint density at radius 1 is 1.47 bits per heavy atom. The van der Waals surface area contributed by atoms with Gasteiger partial charge in [-0.2, -0.15) is 0 Å². The molecule has 0 aliphatic heterocycles. The largest absolute Gasteiger partial charge is 0.481 e. The number of rotatable bonds is 5. The molecule has 2 N–H and O–H groups in total. The highest BCUT2D eigenvalue weighted by Crippen LogP contribution is 2.14. The number of hydrogen-bond acceptors (Lipinski definition) is 4. The van der Waals surface area contributed by atoms with Crippen molar-refractivity contribution in [2.45, 2.75) is 39.2 Å². The molecular formula is C11H16N2O4. The fraction of sp³-hybridized carbons (Fsp3) is 0.545. The first kappa shape index (κ1) is 13.2. The number of aromatic nitrogens is 1. The van der Waals surface area contributed by atoms with Crippen LogP contribution >= 0.6 is 0 Å². The molecular weight excluding hydrogens is 224 g/mol. The first-order chi connectivity index (χ1) is 7.90. The topological polar surface area (TPSA) is 92.4 Å². The number of carbonyl (C=O) groups is 2. The summed E-state index contributed by atoms with van der Waals surface area (Å²) in [4.78, 5) is 22.1. The van der Waals surface area contributed by atoms with E-state index in [9.17, 15) is 9.59 Å². The van der Waals surface area contributed by atoms with E-state index in [0.717, 1.165) is 0 Å². The maximum Gasteiger partial charge on any atom is 0.305 e. The van der Waals surface area contributed by atoms with Crippen LogP contribution in [0, 0.1) is 0 Å². The van der Waals surface area contributed by atoms with Crippen molar-refractivity contribution in [3.63, 3.8) is 0 Å². The number of amides is 1. The van der Waals surface area contributed by atoms with Crippen LogP contribution in [0.15, 0.2) is 10.6 Å². The molecule has 1 aromatic heterocycles. The smallest absolute Gasteiger partial charge is 0.305 e. The van der Waals surface area contributed by atoms with E-state index in [-0.39, 0.29) is 18.1 Å². The van der Waals surface area contributed by atoms with E-state index in [1.807, 2.05) is 13.8 Å². The Bertz CT molecular complexity index is 411. The normalized spacial score (nSPS) is 12.5. The molecule has 1 atom stereocenters. The lowest BCUT2D eigenvalue weighted by Crippen LogP contribution is -2.33. The average molecular weight is 240 g/mol. The van der Waals surface area contributed by atoms with Gasteiger partial charge in [-0.25, -0.2) is 0 Å². The highest BCUT2D eigenvalue weighted by Gasteiger charge is 2.17. The van der Waals surface area contributed by atoms with Gasteiger partial charge >= 0.3 is 5.97 Å². The van der Waals surface area contributed by atoms with E-state index >= 15 is 0 Å². The second-order valence-electron chi connectivity index (χ2n) is 4.24. The number of carboxylic acids is 1. The molecule has 1 amide bonds. The van der Waals surface area contributed by atoms with Gasteiger partial charge in [0.15, 0.2) is 0 Å². The lowest BCUT2D eigenvalue weighted by molar-refractivity contribution is -0.137. The van der Waals surface area contributed by atoms with E-state index in [4.69, 9.17) is 9.63 Å². The Hall–Kier alpha value is -1.85. The minimum absolute atomic E-state index is 0.103. The summed E-state index contributed by atoms with van der Waals surface area (Å²) in [6, 6.07) is 1.11. The Labute approximate surface area is 99.0 Å². The van der Waals surface area contributed by atoms with Crippen molar-refractivity contribution in [1.82, 2.24) is 10.5 Å². The Kier molecular flexibility index (Phi) is 4.25. The summed E-state index contributed by atoms with van der Waals surface area (Å²) in [5, 5.41) is 14.8. The first-order valence-corrected chi connectivity index (χ1v) is 5.39. The molecule has 0 radical (unpaired) electrons. The average Bonchev–Trinajstić information content (AvgIpc) is 2.64. The van der Waals surface area contributed by atoms with E-state index in [0.29, 0.717) is 5.69 Å². The molecule has 6 nitrogen and oxygen atoms in total. The maximum absolute atomic E-state index is 11.6. The van der Waals surface area contributed by atoms with E-state index < -0.39 is 17.9 Å². The molecule has 0 aliphatic carbocycles. The fourth-order valence-corrected chi connectivity index (χ4v) is 1.28. The molecule has 0 aliphatic rings. The van der Waals surface area contributed by atoms with E-state index in [2.05, 4.69) is 10.5 Å². The highest BCUT2D eigenvalue weighted by atomic mass is 16.5. The first-order valence-electron chi connectivity index (χ1n) is 5.39. The van der Waals surface area contributed by atoms with Crippen LogP contribution in [-0.4, -0.2) is 28.2 Å². The molecule has 1 aromatic rings. The van der Waals surface area contributed by atoms with Crippen LogP contribution in [0.2, 0.25) is 0 Å². The third-order valence-electron chi connectivity index (χ3n) is 2.20. The summed E-state index contributed by atoms with van der Waals surface area (Å²) in [6.45, 7) is 5.49. The summed E-state index contributed by atoms with van der Waals surface area (Å²) in [5.74, 6) is -1.13. The van der Waals surface area contributed by atoms with Gasteiger partial charge in [0.05, 0.1) is 12.1 Å². The SMILES string of the molecule is CC(CC(=O)O)NC(=O)c1cc(C(C)C)no1. The van der Waals surface area contributed by atoms with Crippen molar-refractivity contribution in [3.8, 4) is 0 Å². The fourth-order valence-electron chi connectivity index (χ4n) is 1.28. The van der Waals surface area contributed by atoms with Crippen molar-refractivity contribution in [2.75, 3.05) is 0 Å². The van der Waals surface area contributed by atoms with Gasteiger partial charge in [-0.3, -0.25) is 9.59 Å². The standard InChI is InChI=1S/C11H16N2O4/c1-6(2)8-5-9(17-13-8)11(16)12-7(3)4-10(14)15/h5-7H,4H2,1-3H3,(H,12,16)(H,14,15). The quantitative estimate of drug-likeness (QED) is 0.811. The number of carboxylic acid groups (broad SMARTS) is 1. The van der Waals surface area contributed by atoms with Crippen LogP contribution in [0.3, 0.4) is 0 Å². The lowest BCUT2D eigenvalue weighted by Gasteiger charge is -2.09. The minimum Gasteiger partial charge on any atom is -0.481 e. The third-order valence-corrected chi connectivity index (χ3v) is 2.20. The molecule has 0 saturated carbocycles. The monoisotopic (exact) mass is 240 g/mol. The number of carbonyl (C=O) groups excluding carboxylic acids is 1. The van der Waals surface area contributed by atoms with Crippen molar-refractivity contribution >= 4 is 11.9 Å². The molecule has 0 saturated heterocycles. The summed E-state index contributed by atoms with van der Waals surface area (Å²) in [7, 11) is 0. The zero-order chi connectivity index (χ0) is 13.0. The Morgan fingerprint density at radius 3 is 2.59 bits per heavy atom. The zero-order valence-electron chi connectivity index (χ0n) is 10.1. The highest BCUT2D eigenvalue weighted by molar-refractivity contribution is 5.91. The number of hydrogen-bond donors (Lipinski definition) is 2. The van der Waals surface area contributed by atoms with Gasteiger partial charge in [0, 0.05) is 12.1 Å². The summed E-state index contributed by atoms with van der Waals surface area (Å²) < 4.78 is 4.88. The molecule has 0 fully saturated rings. The molecule has 94 valence electrons.